The van der Waals surface area contributed by atoms with Gasteiger partial charge in [0.2, 0.25) is 0 Å². The first-order valence-corrected chi connectivity index (χ1v) is 11.3. The summed E-state index contributed by atoms with van der Waals surface area (Å²) >= 11 is 0. The van der Waals surface area contributed by atoms with Crippen LogP contribution in [-0.4, -0.2) is 48.6 Å². The van der Waals surface area contributed by atoms with Crippen LogP contribution in [0, 0.1) is 5.82 Å². The van der Waals surface area contributed by atoms with Crippen molar-refractivity contribution in [1.82, 2.24) is 24.5 Å². The molecule has 1 N–H and O–H groups in total. The number of halogens is 1. The van der Waals surface area contributed by atoms with Crippen molar-refractivity contribution in [2.24, 2.45) is 0 Å². The first-order valence-electron chi connectivity index (χ1n) is 11.3. The normalized spacial score (nSPS) is 25.3. The Hall–Kier alpha value is -3.73. The molecular formula is C25H23FN6O3. The number of anilines is 2. The van der Waals surface area contributed by atoms with Gasteiger partial charge in [-0.2, -0.15) is 0 Å². The first kappa shape index (κ1) is 21.8. The molecule has 2 saturated heterocycles. The van der Waals surface area contributed by atoms with E-state index >= 15 is 0 Å². The summed E-state index contributed by atoms with van der Waals surface area (Å²) in [5.41, 5.74) is 2.43. The molecule has 0 radical (unpaired) electrons. The fourth-order valence-corrected chi connectivity index (χ4v) is 4.50. The van der Waals surface area contributed by atoms with E-state index in [2.05, 4.69) is 25.3 Å². The molecule has 0 saturated carbocycles. The highest BCUT2D eigenvalue weighted by Gasteiger charge is 2.55. The average Bonchev–Trinajstić information content (AvgIpc) is 3.51. The number of rotatable bonds is 5. The average molecular weight is 474 g/mol. The lowest BCUT2D eigenvalue weighted by Gasteiger charge is -2.24. The van der Waals surface area contributed by atoms with Crippen LogP contribution in [0.5, 0.6) is 0 Å². The molecule has 6 rings (SSSR count). The number of fused-ring (bicyclic) bond motifs is 2. The largest absolute Gasteiger partial charge is 0.345 e. The monoisotopic (exact) mass is 474 g/mol. The van der Waals surface area contributed by atoms with Crippen LogP contribution in [0.25, 0.3) is 17.2 Å². The maximum atomic E-state index is 14.1. The van der Waals surface area contributed by atoms with Crippen molar-refractivity contribution in [2.45, 2.75) is 44.2 Å². The third-order valence-electron chi connectivity index (χ3n) is 5.99. The quantitative estimate of drug-likeness (QED) is 0.459. The molecule has 3 aromatic heterocycles. The molecule has 4 aromatic rings. The lowest BCUT2D eigenvalue weighted by Crippen LogP contribution is -2.28. The van der Waals surface area contributed by atoms with Gasteiger partial charge in [-0.05, 0) is 32.0 Å². The number of imidazole rings is 1. The van der Waals surface area contributed by atoms with Crippen molar-refractivity contribution in [3.63, 3.8) is 0 Å². The Labute approximate surface area is 200 Å². The van der Waals surface area contributed by atoms with Gasteiger partial charge in [0.15, 0.2) is 29.0 Å². The zero-order valence-corrected chi connectivity index (χ0v) is 19.1. The van der Waals surface area contributed by atoms with E-state index in [4.69, 9.17) is 14.2 Å². The van der Waals surface area contributed by atoms with Gasteiger partial charge in [0.25, 0.3) is 0 Å². The summed E-state index contributed by atoms with van der Waals surface area (Å²) in [6, 6.07) is 10.3. The standard InChI is InChI=1S/C25H23FN6O3/c1-25(2)34-20-18(10-9-15-6-3-4-8-17(15)26)33-24(21(20)35-25)32-14-30-19-22(28-13-29-23(19)32)31-16-7-5-11-27-12-16/h3-14,18,20-21,24H,1-2H3,(H,28,29,31)/t18-,20-,21+,24-/m1/s1. The Morgan fingerprint density at radius 3 is 2.74 bits per heavy atom. The van der Waals surface area contributed by atoms with Gasteiger partial charge in [-0.1, -0.05) is 30.4 Å². The highest BCUT2D eigenvalue weighted by atomic mass is 19.1. The van der Waals surface area contributed by atoms with Crippen LogP contribution in [-0.2, 0) is 14.2 Å². The highest BCUT2D eigenvalue weighted by Crippen LogP contribution is 2.44. The number of benzene rings is 1. The van der Waals surface area contributed by atoms with Gasteiger partial charge in [-0.25, -0.2) is 19.3 Å². The van der Waals surface area contributed by atoms with E-state index in [1.807, 2.05) is 36.6 Å². The molecular weight excluding hydrogens is 451 g/mol. The second-order valence-electron chi connectivity index (χ2n) is 8.85. The Morgan fingerprint density at radius 1 is 1.06 bits per heavy atom. The van der Waals surface area contributed by atoms with Crippen LogP contribution < -0.4 is 5.32 Å². The number of hydrogen-bond acceptors (Lipinski definition) is 8. The summed E-state index contributed by atoms with van der Waals surface area (Å²) in [7, 11) is 0. The summed E-state index contributed by atoms with van der Waals surface area (Å²) < 4.78 is 34.7. The maximum absolute atomic E-state index is 14.1. The van der Waals surface area contributed by atoms with Gasteiger partial charge < -0.3 is 19.5 Å². The van der Waals surface area contributed by atoms with Crippen molar-refractivity contribution < 1.29 is 18.6 Å². The van der Waals surface area contributed by atoms with Crippen molar-refractivity contribution in [1.29, 1.82) is 0 Å². The van der Waals surface area contributed by atoms with Gasteiger partial charge in [0.1, 0.15) is 30.5 Å². The number of ether oxygens (including phenoxy) is 3. The molecule has 0 spiro atoms. The Balaban J connectivity index is 1.33. The molecule has 0 aliphatic carbocycles. The molecule has 0 bridgehead atoms. The van der Waals surface area contributed by atoms with Gasteiger partial charge in [0.05, 0.1) is 18.2 Å². The molecule has 10 heteroatoms. The minimum Gasteiger partial charge on any atom is -0.345 e. The number of nitrogens with one attached hydrogen (secondary N) is 1. The van der Waals surface area contributed by atoms with Crippen molar-refractivity contribution >= 4 is 28.7 Å². The molecule has 4 atom stereocenters. The minimum absolute atomic E-state index is 0.301. The number of nitrogens with zero attached hydrogens (tertiary/aromatic N) is 5. The van der Waals surface area contributed by atoms with E-state index in [0.29, 0.717) is 22.5 Å². The maximum Gasteiger partial charge on any atom is 0.167 e. The topological polar surface area (TPSA) is 96.2 Å². The highest BCUT2D eigenvalue weighted by molar-refractivity contribution is 5.85. The van der Waals surface area contributed by atoms with E-state index in [9.17, 15) is 4.39 Å². The van der Waals surface area contributed by atoms with Gasteiger partial charge in [-0.3, -0.25) is 9.55 Å². The fraction of sp³-hybridized carbons (Fsp3) is 0.280. The van der Waals surface area contributed by atoms with E-state index in [0.717, 1.165) is 5.69 Å². The molecule has 35 heavy (non-hydrogen) atoms. The molecule has 178 valence electrons. The smallest absolute Gasteiger partial charge is 0.167 e. The summed E-state index contributed by atoms with van der Waals surface area (Å²) in [6.45, 7) is 3.73. The SMILES string of the molecule is CC1(C)O[C@H]2[C@H](O1)[C@@H](C=Cc1ccccc1F)O[C@H]2n1cnc2c(Nc3cccnc3)ncnc21. The molecule has 0 amide bonds. The minimum atomic E-state index is -0.792. The van der Waals surface area contributed by atoms with E-state index in [1.165, 1.54) is 12.4 Å². The van der Waals surface area contributed by atoms with Crippen LogP contribution in [0.3, 0.4) is 0 Å². The lowest BCUT2D eigenvalue weighted by molar-refractivity contribution is -0.191. The lowest BCUT2D eigenvalue weighted by atomic mass is 10.1. The predicted molar refractivity (Wildman–Crippen MR) is 126 cm³/mol. The zero-order valence-electron chi connectivity index (χ0n) is 19.1. The van der Waals surface area contributed by atoms with E-state index < -0.39 is 24.2 Å². The van der Waals surface area contributed by atoms with Gasteiger partial charge in [-0.15, -0.1) is 0 Å². The van der Waals surface area contributed by atoms with Gasteiger partial charge >= 0.3 is 0 Å². The van der Waals surface area contributed by atoms with Crippen LogP contribution in [0.15, 0.2) is 67.5 Å². The van der Waals surface area contributed by atoms with Crippen LogP contribution in [0.1, 0.15) is 25.6 Å². The van der Waals surface area contributed by atoms with E-state index in [-0.39, 0.29) is 11.9 Å². The third kappa shape index (κ3) is 4.05. The first-order chi connectivity index (χ1) is 17.0. The molecule has 2 aliphatic heterocycles. The molecule has 9 nitrogen and oxygen atoms in total. The predicted octanol–water partition coefficient (Wildman–Crippen LogP) is 4.23. The Bertz CT molecular complexity index is 1390. The van der Waals surface area contributed by atoms with Crippen molar-refractivity contribution in [3.05, 3.63) is 78.9 Å². The van der Waals surface area contributed by atoms with E-state index in [1.54, 1.807) is 43.0 Å². The van der Waals surface area contributed by atoms with Crippen molar-refractivity contribution in [2.75, 3.05) is 5.32 Å². The third-order valence-corrected chi connectivity index (χ3v) is 5.99. The summed E-state index contributed by atoms with van der Waals surface area (Å²) in [6.07, 6.45) is 8.24. The molecule has 1 aromatic carbocycles. The Morgan fingerprint density at radius 2 is 1.91 bits per heavy atom. The van der Waals surface area contributed by atoms with Gasteiger partial charge in [0, 0.05) is 11.8 Å². The van der Waals surface area contributed by atoms with Crippen LogP contribution in [0.4, 0.5) is 15.9 Å². The molecule has 0 unspecified atom stereocenters. The second-order valence-corrected chi connectivity index (χ2v) is 8.85. The summed E-state index contributed by atoms with van der Waals surface area (Å²) in [4.78, 5) is 17.5. The zero-order chi connectivity index (χ0) is 24.0. The number of hydrogen-bond donors (Lipinski definition) is 1. The molecule has 2 fully saturated rings. The van der Waals surface area contributed by atoms with Crippen LogP contribution in [0.2, 0.25) is 0 Å². The molecule has 2 aliphatic rings. The van der Waals surface area contributed by atoms with Crippen LogP contribution >= 0.6 is 0 Å². The molecule has 5 heterocycles. The second kappa shape index (κ2) is 8.49. The summed E-state index contributed by atoms with van der Waals surface area (Å²) in [5.74, 6) is -0.541. The Kier molecular flexibility index (Phi) is 5.28. The fourth-order valence-electron chi connectivity index (χ4n) is 4.50. The number of aromatic nitrogens is 5. The summed E-state index contributed by atoms with van der Waals surface area (Å²) in [5, 5.41) is 3.23. The van der Waals surface area contributed by atoms with Crippen molar-refractivity contribution in [3.8, 4) is 0 Å². The number of pyridine rings is 1.